The van der Waals surface area contributed by atoms with Gasteiger partial charge in [0.15, 0.2) is 11.3 Å². The van der Waals surface area contributed by atoms with Crippen LogP contribution in [-0.4, -0.2) is 14.9 Å². The number of aromatic nitrogens is 3. The molecule has 14 heavy (non-hydrogen) atoms. The van der Waals surface area contributed by atoms with Crippen molar-refractivity contribution in [3.05, 3.63) is 23.9 Å². The highest BCUT2D eigenvalue weighted by atomic mass is 15.5. The molecule has 66 valence electrons. The fourth-order valence-corrected chi connectivity index (χ4v) is 0.661. The molecule has 7 heteroatoms. The lowest BCUT2D eigenvalue weighted by molar-refractivity contribution is 0.926. The van der Waals surface area contributed by atoms with Gasteiger partial charge in [-0.2, -0.15) is 15.8 Å². The van der Waals surface area contributed by atoms with Crippen molar-refractivity contribution in [2.75, 3.05) is 5.43 Å². The minimum atomic E-state index is -0.291. The van der Waals surface area contributed by atoms with Crippen LogP contribution >= 0.6 is 0 Å². The van der Waals surface area contributed by atoms with E-state index in [2.05, 4.69) is 15.6 Å². The molecule has 1 aromatic heterocycles. The zero-order chi connectivity index (χ0) is 10.4. The lowest BCUT2D eigenvalue weighted by Crippen LogP contribution is -2.12. The van der Waals surface area contributed by atoms with Crippen molar-refractivity contribution in [1.29, 1.82) is 15.8 Å². The second kappa shape index (κ2) is 4.24. The van der Waals surface area contributed by atoms with Crippen LogP contribution in [0.25, 0.3) is 0 Å². The molecule has 0 unspecified atom stereocenters. The molecule has 0 saturated carbocycles. The van der Waals surface area contributed by atoms with Gasteiger partial charge in [0.25, 0.3) is 0 Å². The number of hydrogen-bond donors (Lipinski definition) is 1. The Balaban J connectivity index is 2.98. The van der Waals surface area contributed by atoms with Crippen LogP contribution in [0.15, 0.2) is 23.9 Å². The Morgan fingerprint density at radius 1 is 1.07 bits per heavy atom. The molecule has 0 aromatic carbocycles. The fraction of sp³-hybridized carbons (Fsp3) is 0. The Labute approximate surface area is 79.1 Å². The Kier molecular flexibility index (Phi) is 2.80. The van der Waals surface area contributed by atoms with E-state index in [4.69, 9.17) is 15.8 Å². The normalized spacial score (nSPS) is 7.79. The monoisotopic (exact) mass is 185 g/mol. The quantitative estimate of drug-likeness (QED) is 0.629. The average Bonchev–Trinajstić information content (AvgIpc) is 2.70. The maximum Gasteiger partial charge on any atom is 0.165 e. The first-order valence-corrected chi connectivity index (χ1v) is 3.38. The number of nitriles is 3. The number of hydrogen-bond acceptors (Lipinski definition) is 6. The first-order valence-electron chi connectivity index (χ1n) is 3.38. The highest BCUT2D eigenvalue weighted by molar-refractivity contribution is 5.48. The Morgan fingerprint density at radius 3 is 2.07 bits per heavy atom. The van der Waals surface area contributed by atoms with Crippen LogP contribution < -0.4 is 5.43 Å². The SMILES string of the molecule is N#CC(C#N)=C(C#N)Nn1cnnc1. The van der Waals surface area contributed by atoms with E-state index in [0.717, 1.165) is 0 Å². The summed E-state index contributed by atoms with van der Waals surface area (Å²) in [6.07, 6.45) is 2.59. The van der Waals surface area contributed by atoms with Crippen LogP contribution in [0.1, 0.15) is 0 Å². The van der Waals surface area contributed by atoms with Gasteiger partial charge in [0.1, 0.15) is 30.9 Å². The number of rotatable bonds is 2. The molecule has 0 atom stereocenters. The summed E-state index contributed by atoms with van der Waals surface area (Å²) >= 11 is 0. The summed E-state index contributed by atoms with van der Waals surface area (Å²) in [6.45, 7) is 0. The third-order valence-corrected chi connectivity index (χ3v) is 1.25. The van der Waals surface area contributed by atoms with Gasteiger partial charge in [-0.05, 0) is 0 Å². The van der Waals surface area contributed by atoms with Crippen molar-refractivity contribution in [2.24, 2.45) is 0 Å². The third-order valence-electron chi connectivity index (χ3n) is 1.25. The lowest BCUT2D eigenvalue weighted by atomic mass is 10.2. The van der Waals surface area contributed by atoms with E-state index in [0.29, 0.717) is 0 Å². The van der Waals surface area contributed by atoms with Crippen LogP contribution in [0.4, 0.5) is 0 Å². The van der Waals surface area contributed by atoms with E-state index in [1.807, 2.05) is 0 Å². The number of allylic oxidation sites excluding steroid dienone is 2. The summed E-state index contributed by atoms with van der Waals surface area (Å²) in [5.74, 6) is 0. The van der Waals surface area contributed by atoms with Gasteiger partial charge < -0.3 is 0 Å². The number of nitrogens with one attached hydrogen (secondary N) is 1. The van der Waals surface area contributed by atoms with Crippen molar-refractivity contribution < 1.29 is 0 Å². The molecule has 1 N–H and O–H groups in total. The topological polar surface area (TPSA) is 114 Å². The number of nitrogens with zero attached hydrogens (tertiary/aromatic N) is 6. The summed E-state index contributed by atoms with van der Waals surface area (Å²) in [5.41, 5.74) is 2.04. The molecule has 0 aliphatic heterocycles. The van der Waals surface area contributed by atoms with Crippen LogP contribution in [-0.2, 0) is 0 Å². The zero-order valence-electron chi connectivity index (χ0n) is 6.84. The van der Waals surface area contributed by atoms with Gasteiger partial charge in [-0.15, -0.1) is 10.2 Å². The smallest absolute Gasteiger partial charge is 0.165 e. The first-order chi connectivity index (χ1) is 6.81. The Morgan fingerprint density at radius 2 is 1.64 bits per heavy atom. The average molecular weight is 185 g/mol. The van der Waals surface area contributed by atoms with Crippen molar-refractivity contribution in [3.8, 4) is 18.2 Å². The molecule has 0 spiro atoms. The van der Waals surface area contributed by atoms with Crippen molar-refractivity contribution >= 4 is 0 Å². The molecule has 0 aliphatic rings. The standard InChI is InChI=1S/C7H3N7/c8-1-6(2-9)7(3-10)13-14-4-11-12-5-14/h4-5,13H. The molecular weight excluding hydrogens is 182 g/mol. The second-order valence-corrected chi connectivity index (χ2v) is 2.07. The summed E-state index contributed by atoms with van der Waals surface area (Å²) in [5, 5.41) is 32.6. The van der Waals surface area contributed by atoms with Crippen molar-refractivity contribution in [2.45, 2.75) is 0 Å². The van der Waals surface area contributed by atoms with Gasteiger partial charge >= 0.3 is 0 Å². The van der Waals surface area contributed by atoms with Crippen LogP contribution in [0, 0.1) is 34.0 Å². The highest BCUT2D eigenvalue weighted by Crippen LogP contribution is 1.99. The van der Waals surface area contributed by atoms with Crippen molar-refractivity contribution in [1.82, 2.24) is 14.9 Å². The van der Waals surface area contributed by atoms with Crippen LogP contribution in [0.3, 0.4) is 0 Å². The molecule has 0 radical (unpaired) electrons. The van der Waals surface area contributed by atoms with Gasteiger partial charge in [0.05, 0.1) is 0 Å². The highest BCUT2D eigenvalue weighted by Gasteiger charge is 2.04. The molecule has 7 nitrogen and oxygen atoms in total. The largest absolute Gasteiger partial charge is 0.280 e. The van der Waals surface area contributed by atoms with Gasteiger partial charge in [-0.25, -0.2) is 4.68 Å². The molecular formula is C7H3N7. The Hall–Kier alpha value is -2.85. The Bertz CT molecular complexity index is 446. The predicted molar refractivity (Wildman–Crippen MR) is 43.2 cm³/mol. The van der Waals surface area contributed by atoms with Crippen LogP contribution in [0.5, 0.6) is 0 Å². The molecule has 1 heterocycles. The molecule has 0 amide bonds. The third kappa shape index (κ3) is 1.84. The van der Waals surface area contributed by atoms with E-state index in [9.17, 15) is 0 Å². The lowest BCUT2D eigenvalue weighted by Gasteiger charge is -2.01. The van der Waals surface area contributed by atoms with E-state index in [1.54, 1.807) is 18.2 Å². The molecule has 0 fully saturated rings. The summed E-state index contributed by atoms with van der Waals surface area (Å²) in [4.78, 5) is 0. The maximum atomic E-state index is 8.63. The fourth-order valence-electron chi connectivity index (χ4n) is 0.661. The minimum absolute atomic E-state index is 0.144. The summed E-state index contributed by atoms with van der Waals surface area (Å²) < 4.78 is 1.26. The van der Waals surface area contributed by atoms with E-state index in [1.165, 1.54) is 17.3 Å². The van der Waals surface area contributed by atoms with E-state index >= 15 is 0 Å². The second-order valence-electron chi connectivity index (χ2n) is 2.07. The molecule has 1 aromatic rings. The summed E-state index contributed by atoms with van der Waals surface area (Å²) in [7, 11) is 0. The predicted octanol–water partition coefficient (Wildman–Crippen LogP) is -0.354. The van der Waals surface area contributed by atoms with Gasteiger partial charge in [0.2, 0.25) is 0 Å². The molecule has 0 bridgehead atoms. The summed E-state index contributed by atoms with van der Waals surface area (Å²) in [6, 6.07) is 4.88. The van der Waals surface area contributed by atoms with E-state index < -0.39 is 0 Å². The molecule has 0 saturated heterocycles. The maximum absolute atomic E-state index is 8.63. The minimum Gasteiger partial charge on any atom is -0.280 e. The van der Waals surface area contributed by atoms with Gasteiger partial charge in [-0.1, -0.05) is 0 Å². The van der Waals surface area contributed by atoms with E-state index in [-0.39, 0.29) is 11.3 Å². The first kappa shape index (κ1) is 9.24. The van der Waals surface area contributed by atoms with Gasteiger partial charge in [0, 0.05) is 0 Å². The van der Waals surface area contributed by atoms with Crippen LogP contribution in [0.2, 0.25) is 0 Å². The van der Waals surface area contributed by atoms with Gasteiger partial charge in [-0.3, -0.25) is 5.43 Å². The molecule has 0 aliphatic carbocycles. The van der Waals surface area contributed by atoms with Crippen molar-refractivity contribution in [3.63, 3.8) is 0 Å². The zero-order valence-corrected chi connectivity index (χ0v) is 6.84. The molecule has 1 rings (SSSR count).